The van der Waals surface area contributed by atoms with Gasteiger partial charge in [-0.05, 0) is 6.07 Å². The molecule has 0 N–H and O–H groups in total. The first kappa shape index (κ1) is 11.9. The smallest absolute Gasteiger partial charge is 0.297 e. The molecule has 1 heterocycles. The fourth-order valence-corrected chi connectivity index (χ4v) is 1.83. The van der Waals surface area contributed by atoms with Gasteiger partial charge in [0.15, 0.2) is 6.29 Å². The third-order valence-electron chi connectivity index (χ3n) is 1.46. The maximum atomic E-state index is 10.6. The predicted octanol–water partition coefficient (Wildman–Crippen LogP) is 2.61. The topological polar surface area (TPSA) is 60.2 Å². The second-order valence-corrected chi connectivity index (χ2v) is 4.34. The lowest BCUT2D eigenvalue weighted by Gasteiger charge is -1.84. The molecule has 0 saturated heterocycles. The molecule has 0 spiro atoms. The highest BCUT2D eigenvalue weighted by Crippen LogP contribution is 2.28. The Morgan fingerprint density at radius 3 is 2.93 bits per heavy atom. The van der Waals surface area contributed by atoms with Gasteiger partial charge in [0.05, 0.1) is 9.80 Å². The lowest BCUT2D eigenvalue weighted by atomic mass is 10.3. The number of alkyl halides is 1. The first-order valence-electron chi connectivity index (χ1n) is 3.97. The van der Waals surface area contributed by atoms with Crippen molar-refractivity contribution in [2.24, 2.45) is 0 Å². The van der Waals surface area contributed by atoms with E-state index in [1.165, 1.54) is 6.07 Å². The van der Waals surface area contributed by atoms with Gasteiger partial charge in [-0.2, -0.15) is 0 Å². The Labute approximate surface area is 98.6 Å². The molecule has 15 heavy (non-hydrogen) atoms. The van der Waals surface area contributed by atoms with Gasteiger partial charge in [0.25, 0.3) is 0 Å². The van der Waals surface area contributed by atoms with E-state index < -0.39 is 4.92 Å². The summed E-state index contributed by atoms with van der Waals surface area (Å²) in [5.74, 6) is 5.45. The third-order valence-corrected chi connectivity index (χ3v) is 2.86. The first-order chi connectivity index (χ1) is 7.19. The molecule has 78 valence electrons. The van der Waals surface area contributed by atoms with Crippen LogP contribution >= 0.6 is 27.3 Å². The zero-order valence-electron chi connectivity index (χ0n) is 7.53. The van der Waals surface area contributed by atoms with Crippen LogP contribution in [-0.4, -0.2) is 16.5 Å². The van der Waals surface area contributed by atoms with Crippen LogP contribution in [0.25, 0.3) is 0 Å². The van der Waals surface area contributed by atoms with Gasteiger partial charge in [0, 0.05) is 11.8 Å². The van der Waals surface area contributed by atoms with Gasteiger partial charge >= 0.3 is 5.00 Å². The summed E-state index contributed by atoms with van der Waals surface area (Å²) in [6.07, 6.45) is 1.21. The maximum Gasteiger partial charge on any atom is 0.340 e. The van der Waals surface area contributed by atoms with Crippen LogP contribution < -0.4 is 0 Å². The van der Waals surface area contributed by atoms with Gasteiger partial charge in [-0.1, -0.05) is 39.1 Å². The molecule has 0 unspecified atom stereocenters. The fraction of sp³-hybridized carbons (Fsp3) is 0.222. The van der Waals surface area contributed by atoms with Crippen LogP contribution in [0.5, 0.6) is 0 Å². The number of thiophene rings is 1. The molecule has 1 rings (SSSR count). The number of hydrogen-bond acceptors (Lipinski definition) is 4. The summed E-state index contributed by atoms with van der Waals surface area (Å²) in [6, 6.07) is 1.44. The van der Waals surface area contributed by atoms with Crippen molar-refractivity contribution in [2.75, 3.05) is 5.33 Å². The van der Waals surface area contributed by atoms with Gasteiger partial charge in [0.2, 0.25) is 0 Å². The van der Waals surface area contributed by atoms with E-state index in [4.69, 9.17) is 0 Å². The molecular formula is C9H6BrNO3S. The SMILES string of the molecule is O=Cc1cc(C#CCCBr)c([N+](=O)[O-])s1. The Morgan fingerprint density at radius 2 is 2.40 bits per heavy atom. The van der Waals surface area contributed by atoms with E-state index in [1.54, 1.807) is 0 Å². The van der Waals surface area contributed by atoms with E-state index in [9.17, 15) is 14.9 Å². The van der Waals surface area contributed by atoms with Crippen molar-refractivity contribution >= 4 is 38.6 Å². The molecule has 0 atom stereocenters. The van der Waals surface area contributed by atoms with Crippen LogP contribution in [0, 0.1) is 22.0 Å². The van der Waals surface area contributed by atoms with Crippen LogP contribution in [0.15, 0.2) is 6.07 Å². The van der Waals surface area contributed by atoms with Crippen molar-refractivity contribution in [3.05, 3.63) is 26.6 Å². The molecule has 1 aromatic rings. The highest BCUT2D eigenvalue weighted by molar-refractivity contribution is 9.09. The van der Waals surface area contributed by atoms with Crippen LogP contribution in [0.3, 0.4) is 0 Å². The van der Waals surface area contributed by atoms with Gasteiger partial charge in [-0.3, -0.25) is 14.9 Å². The van der Waals surface area contributed by atoms with Crippen LogP contribution in [0.1, 0.15) is 21.7 Å². The molecule has 0 saturated carbocycles. The number of rotatable bonds is 3. The Bertz CT molecular complexity index is 444. The Kier molecular flexibility index (Phi) is 4.46. The fourth-order valence-electron chi connectivity index (χ4n) is 0.888. The molecule has 0 fully saturated rings. The summed E-state index contributed by atoms with van der Waals surface area (Å²) in [7, 11) is 0. The van der Waals surface area contributed by atoms with E-state index in [-0.39, 0.29) is 5.00 Å². The molecule has 4 nitrogen and oxygen atoms in total. The molecule has 6 heteroatoms. The van der Waals surface area contributed by atoms with Gasteiger partial charge < -0.3 is 0 Å². The van der Waals surface area contributed by atoms with Crippen LogP contribution in [0.2, 0.25) is 0 Å². The van der Waals surface area contributed by atoms with E-state index >= 15 is 0 Å². The van der Waals surface area contributed by atoms with Gasteiger partial charge in [-0.25, -0.2) is 0 Å². The molecule has 0 aliphatic rings. The predicted molar refractivity (Wildman–Crippen MR) is 61.6 cm³/mol. The van der Waals surface area contributed by atoms with Gasteiger partial charge in [0.1, 0.15) is 5.56 Å². The number of halogens is 1. The standard InChI is InChI=1S/C9H6BrNO3S/c10-4-2-1-3-7-5-8(6-12)15-9(7)11(13)14/h5-6H,2,4H2. The summed E-state index contributed by atoms with van der Waals surface area (Å²) in [4.78, 5) is 20.9. The minimum Gasteiger partial charge on any atom is -0.297 e. The van der Waals surface area contributed by atoms with Gasteiger partial charge in [-0.15, -0.1) is 0 Å². The minimum absolute atomic E-state index is 0.0702. The largest absolute Gasteiger partial charge is 0.340 e. The van der Waals surface area contributed by atoms with Crippen molar-refractivity contribution in [3.63, 3.8) is 0 Å². The van der Waals surface area contributed by atoms with Crippen molar-refractivity contribution in [1.82, 2.24) is 0 Å². The molecule has 0 aliphatic heterocycles. The molecule has 1 aromatic heterocycles. The normalized spacial score (nSPS) is 9.13. The number of aldehydes is 1. The number of carbonyl (C=O) groups excluding carboxylic acids is 1. The number of nitrogens with zero attached hydrogens (tertiary/aromatic N) is 1. The summed E-state index contributed by atoms with van der Waals surface area (Å²) in [5, 5.41) is 11.3. The first-order valence-corrected chi connectivity index (χ1v) is 5.91. The highest BCUT2D eigenvalue weighted by Gasteiger charge is 2.17. The zero-order valence-corrected chi connectivity index (χ0v) is 9.93. The van der Waals surface area contributed by atoms with E-state index in [1.807, 2.05) is 0 Å². The maximum absolute atomic E-state index is 10.6. The van der Waals surface area contributed by atoms with Crippen molar-refractivity contribution in [1.29, 1.82) is 0 Å². The summed E-state index contributed by atoms with van der Waals surface area (Å²) >= 11 is 4.04. The monoisotopic (exact) mass is 287 g/mol. The number of nitro groups is 1. The molecular weight excluding hydrogens is 282 g/mol. The summed E-state index contributed by atoms with van der Waals surface area (Å²) < 4.78 is 0. The summed E-state index contributed by atoms with van der Waals surface area (Å²) in [5.41, 5.74) is 0.313. The van der Waals surface area contributed by atoms with Crippen molar-refractivity contribution in [2.45, 2.75) is 6.42 Å². The molecule has 0 bridgehead atoms. The molecule has 0 aromatic carbocycles. The van der Waals surface area contributed by atoms with Crippen LogP contribution in [0.4, 0.5) is 5.00 Å². The van der Waals surface area contributed by atoms with Crippen molar-refractivity contribution in [3.8, 4) is 11.8 Å². The average molecular weight is 288 g/mol. The quantitative estimate of drug-likeness (QED) is 0.282. The van der Waals surface area contributed by atoms with Crippen LogP contribution in [-0.2, 0) is 0 Å². The lowest BCUT2D eigenvalue weighted by molar-refractivity contribution is -0.380. The Balaban J connectivity index is 3.05. The Hall–Kier alpha value is -1.19. The second kappa shape index (κ2) is 5.63. The average Bonchev–Trinajstić information content (AvgIpc) is 2.62. The lowest BCUT2D eigenvalue weighted by Crippen LogP contribution is -1.85. The minimum atomic E-state index is -0.518. The number of carbonyl (C=O) groups is 1. The third kappa shape index (κ3) is 3.15. The van der Waals surface area contributed by atoms with Crippen molar-refractivity contribution < 1.29 is 9.72 Å². The van der Waals surface area contributed by atoms with E-state index in [0.717, 1.165) is 16.7 Å². The summed E-state index contributed by atoms with van der Waals surface area (Å²) in [6.45, 7) is 0. The zero-order chi connectivity index (χ0) is 11.3. The van der Waals surface area contributed by atoms with E-state index in [2.05, 4.69) is 27.8 Å². The molecule has 0 aliphatic carbocycles. The number of hydrogen-bond donors (Lipinski definition) is 0. The second-order valence-electron chi connectivity index (χ2n) is 2.48. The van der Waals surface area contributed by atoms with E-state index in [0.29, 0.717) is 23.1 Å². The molecule has 0 amide bonds. The Morgan fingerprint density at radius 1 is 1.67 bits per heavy atom. The highest BCUT2D eigenvalue weighted by atomic mass is 79.9. The molecule has 0 radical (unpaired) electrons.